The van der Waals surface area contributed by atoms with Gasteiger partial charge in [-0.25, -0.2) is 0 Å². The molecule has 0 aliphatic heterocycles. The van der Waals surface area contributed by atoms with Crippen molar-refractivity contribution >= 4 is 40.2 Å². The van der Waals surface area contributed by atoms with Gasteiger partial charge in [-0.15, -0.1) is 0 Å². The molecule has 0 radical (unpaired) electrons. The van der Waals surface area contributed by atoms with Crippen LogP contribution in [0, 0.1) is 0 Å². The first-order valence-electron chi connectivity index (χ1n) is 4.35. The molecule has 0 aliphatic rings. The molecule has 2 nitrogen and oxygen atoms in total. The maximum absolute atomic E-state index is 10.7. The average molecular weight is 267 g/mol. The Kier molecular flexibility index (Phi) is 4.71. The summed E-state index contributed by atoms with van der Waals surface area (Å²) in [5.74, 6) is 0. The van der Waals surface area contributed by atoms with Gasteiger partial charge in [-0.2, -0.15) is 0 Å². The molecule has 1 aromatic carbocycles. The molecule has 0 N–H and O–H groups in total. The van der Waals surface area contributed by atoms with Crippen LogP contribution in [0.5, 0.6) is 0 Å². The first kappa shape index (κ1) is 12.6. The zero-order chi connectivity index (χ0) is 11.4. The molecule has 0 spiro atoms. The summed E-state index contributed by atoms with van der Waals surface area (Å²) < 4.78 is 0. The lowest BCUT2D eigenvalue weighted by molar-refractivity contribution is 0.232. The molecule has 0 fully saturated rings. The van der Waals surface area contributed by atoms with Crippen LogP contribution in [0.3, 0.4) is 0 Å². The second kappa shape index (κ2) is 5.59. The highest BCUT2D eigenvalue weighted by Gasteiger charge is 2.05. The van der Waals surface area contributed by atoms with E-state index in [1.54, 1.807) is 19.2 Å². The van der Waals surface area contributed by atoms with E-state index in [0.29, 0.717) is 23.0 Å². The molecule has 0 bridgehead atoms. The number of hydrogen-bond acceptors (Lipinski definition) is 1. The average Bonchev–Trinajstić information content (AvgIpc) is 2.19. The fourth-order valence-electron chi connectivity index (χ4n) is 1.08. The van der Waals surface area contributed by atoms with E-state index < -0.39 is 5.37 Å². The number of benzene rings is 1. The summed E-state index contributed by atoms with van der Waals surface area (Å²) >= 11 is 16.9. The Balaban J connectivity index is 2.58. The summed E-state index contributed by atoms with van der Waals surface area (Å²) in [6, 6.07) is 5.40. The minimum absolute atomic E-state index is 0.463. The Bertz CT molecular complexity index is 368. The van der Waals surface area contributed by atoms with E-state index in [9.17, 15) is 4.79 Å². The Labute approximate surface area is 104 Å². The maximum Gasteiger partial charge on any atom is 0.316 e. The molecule has 0 heterocycles. The van der Waals surface area contributed by atoms with E-state index in [1.165, 1.54) is 4.90 Å². The van der Waals surface area contributed by atoms with Crippen molar-refractivity contribution < 1.29 is 4.79 Å². The molecule has 0 saturated heterocycles. The number of rotatable bonds is 3. The van der Waals surface area contributed by atoms with Crippen LogP contribution in [0.2, 0.25) is 10.0 Å². The van der Waals surface area contributed by atoms with Crippen molar-refractivity contribution in [2.75, 3.05) is 13.6 Å². The van der Waals surface area contributed by atoms with Crippen molar-refractivity contribution in [1.29, 1.82) is 0 Å². The standard InChI is InChI=1S/C10H10Cl3NO/c1-14(10(13)15)5-4-7-2-3-8(11)9(12)6-7/h2-3,6H,4-5H2,1H3. The number of amides is 1. The molecule has 0 saturated carbocycles. The zero-order valence-electron chi connectivity index (χ0n) is 8.14. The van der Waals surface area contributed by atoms with Crippen LogP contribution in [0.25, 0.3) is 0 Å². The number of nitrogens with zero attached hydrogens (tertiary/aromatic N) is 1. The molecule has 1 amide bonds. The number of carbonyl (C=O) groups excluding carboxylic acids is 1. The van der Waals surface area contributed by atoms with Crippen molar-refractivity contribution in [2.45, 2.75) is 6.42 Å². The number of likely N-dealkylation sites (N-methyl/N-ethyl adjacent to an activating group) is 1. The molecule has 15 heavy (non-hydrogen) atoms. The third-order valence-corrected chi connectivity index (χ3v) is 3.05. The Hall–Kier alpha value is -0.440. The summed E-state index contributed by atoms with van der Waals surface area (Å²) in [4.78, 5) is 12.2. The van der Waals surface area contributed by atoms with Crippen LogP contribution in [0.1, 0.15) is 5.56 Å². The maximum atomic E-state index is 10.7. The van der Waals surface area contributed by atoms with Crippen molar-refractivity contribution in [2.24, 2.45) is 0 Å². The SMILES string of the molecule is CN(CCc1ccc(Cl)c(Cl)c1)C(=O)Cl. The van der Waals surface area contributed by atoms with E-state index in [-0.39, 0.29) is 0 Å². The highest BCUT2D eigenvalue weighted by Crippen LogP contribution is 2.22. The van der Waals surface area contributed by atoms with Gasteiger partial charge in [0.25, 0.3) is 0 Å². The van der Waals surface area contributed by atoms with Crippen molar-refractivity contribution in [1.82, 2.24) is 4.90 Å². The second-order valence-electron chi connectivity index (χ2n) is 3.17. The van der Waals surface area contributed by atoms with Gasteiger partial charge in [-0.3, -0.25) is 4.79 Å². The lowest BCUT2D eigenvalue weighted by Crippen LogP contribution is -2.23. The Morgan fingerprint density at radius 1 is 1.33 bits per heavy atom. The van der Waals surface area contributed by atoms with Gasteiger partial charge in [-0.05, 0) is 35.7 Å². The predicted molar refractivity (Wildman–Crippen MR) is 64.0 cm³/mol. The van der Waals surface area contributed by atoms with Crippen molar-refractivity contribution in [3.63, 3.8) is 0 Å². The summed E-state index contributed by atoms with van der Waals surface area (Å²) in [6.07, 6.45) is 0.700. The third-order valence-electron chi connectivity index (χ3n) is 2.02. The normalized spacial score (nSPS) is 10.1. The van der Waals surface area contributed by atoms with Crippen molar-refractivity contribution in [3.05, 3.63) is 33.8 Å². The van der Waals surface area contributed by atoms with Crippen molar-refractivity contribution in [3.8, 4) is 0 Å². The van der Waals surface area contributed by atoms with Gasteiger partial charge in [0.15, 0.2) is 0 Å². The number of hydrogen-bond donors (Lipinski definition) is 0. The molecule has 0 aliphatic carbocycles. The molecule has 1 rings (SSSR count). The highest BCUT2D eigenvalue weighted by atomic mass is 35.5. The minimum Gasteiger partial charge on any atom is -0.332 e. The number of halogens is 3. The van der Waals surface area contributed by atoms with E-state index in [0.717, 1.165) is 5.56 Å². The van der Waals surface area contributed by atoms with E-state index in [4.69, 9.17) is 34.8 Å². The molecule has 0 atom stereocenters. The monoisotopic (exact) mass is 265 g/mol. The first-order valence-corrected chi connectivity index (χ1v) is 5.48. The molecule has 5 heteroatoms. The fraction of sp³-hybridized carbons (Fsp3) is 0.300. The fourth-order valence-corrected chi connectivity index (χ4v) is 1.49. The molecular weight excluding hydrogens is 256 g/mol. The first-order chi connectivity index (χ1) is 7.00. The molecular formula is C10H10Cl3NO. The molecule has 0 aromatic heterocycles. The topological polar surface area (TPSA) is 20.3 Å². The lowest BCUT2D eigenvalue weighted by atomic mass is 10.1. The summed E-state index contributed by atoms with van der Waals surface area (Å²) in [5, 5.41) is 0.589. The van der Waals surface area contributed by atoms with Gasteiger partial charge in [-0.1, -0.05) is 29.3 Å². The van der Waals surface area contributed by atoms with Crippen LogP contribution >= 0.6 is 34.8 Å². The van der Waals surface area contributed by atoms with Gasteiger partial charge in [0, 0.05) is 13.6 Å². The van der Waals surface area contributed by atoms with Crippen LogP contribution in [-0.4, -0.2) is 23.9 Å². The van der Waals surface area contributed by atoms with Crippen LogP contribution in [0.4, 0.5) is 4.79 Å². The quantitative estimate of drug-likeness (QED) is 0.601. The summed E-state index contributed by atoms with van der Waals surface area (Å²) in [5.41, 5.74) is 1.02. The Morgan fingerprint density at radius 3 is 2.53 bits per heavy atom. The van der Waals surface area contributed by atoms with Gasteiger partial charge in [0.2, 0.25) is 0 Å². The zero-order valence-corrected chi connectivity index (χ0v) is 10.4. The van der Waals surface area contributed by atoms with Gasteiger partial charge in [0.05, 0.1) is 10.0 Å². The van der Waals surface area contributed by atoms with Crippen LogP contribution in [-0.2, 0) is 6.42 Å². The van der Waals surface area contributed by atoms with Crippen LogP contribution < -0.4 is 0 Å². The van der Waals surface area contributed by atoms with E-state index in [2.05, 4.69) is 0 Å². The van der Waals surface area contributed by atoms with Gasteiger partial charge in [0.1, 0.15) is 0 Å². The predicted octanol–water partition coefficient (Wildman–Crippen LogP) is 3.83. The van der Waals surface area contributed by atoms with E-state index >= 15 is 0 Å². The summed E-state index contributed by atoms with van der Waals surface area (Å²) in [6.45, 7) is 0.556. The van der Waals surface area contributed by atoms with Gasteiger partial charge >= 0.3 is 5.37 Å². The smallest absolute Gasteiger partial charge is 0.316 e. The number of carbonyl (C=O) groups is 1. The third kappa shape index (κ3) is 3.90. The van der Waals surface area contributed by atoms with E-state index in [1.807, 2.05) is 6.07 Å². The highest BCUT2D eigenvalue weighted by molar-refractivity contribution is 6.62. The second-order valence-corrected chi connectivity index (χ2v) is 4.31. The minimum atomic E-state index is -0.463. The van der Waals surface area contributed by atoms with Gasteiger partial charge < -0.3 is 4.90 Å². The lowest BCUT2D eigenvalue weighted by Gasteiger charge is -2.12. The molecule has 0 unspecified atom stereocenters. The van der Waals surface area contributed by atoms with Crippen LogP contribution in [0.15, 0.2) is 18.2 Å². The summed E-state index contributed by atoms with van der Waals surface area (Å²) in [7, 11) is 1.65. The largest absolute Gasteiger partial charge is 0.332 e. The Morgan fingerprint density at radius 2 is 2.00 bits per heavy atom. The molecule has 82 valence electrons. The molecule has 1 aromatic rings.